The number of hydrogen-bond donors (Lipinski definition) is 1. The van der Waals surface area contributed by atoms with E-state index >= 15 is 0 Å². The first kappa shape index (κ1) is 21.2. The Kier molecular flexibility index (Phi) is 7.52. The molecule has 0 saturated carbocycles. The number of phenols is 1. The molecule has 3 aromatic carbocycles. The van der Waals surface area contributed by atoms with Gasteiger partial charge in [-0.25, -0.2) is 0 Å². The predicted molar refractivity (Wildman–Crippen MR) is 126 cm³/mol. The number of phenolic OH excluding ortho intramolecular Hbond substituents is 1. The second-order valence-electron chi connectivity index (χ2n) is 8.27. The molecule has 0 heterocycles. The van der Waals surface area contributed by atoms with Crippen molar-refractivity contribution < 1.29 is 5.11 Å². The molecule has 0 bridgehead atoms. The van der Waals surface area contributed by atoms with E-state index in [2.05, 4.69) is 63.2 Å². The zero-order chi connectivity index (χ0) is 20.6. The Hall–Kier alpha value is -2.54. The Bertz CT molecular complexity index is 895. The van der Waals surface area contributed by atoms with Crippen molar-refractivity contribution in [3.05, 3.63) is 77.9 Å². The lowest BCUT2D eigenvalue weighted by Crippen LogP contribution is -2.02. The van der Waals surface area contributed by atoms with E-state index in [1.807, 2.05) is 24.3 Å². The van der Waals surface area contributed by atoms with Gasteiger partial charge in [0.2, 0.25) is 0 Å². The van der Waals surface area contributed by atoms with E-state index in [9.17, 15) is 5.11 Å². The van der Waals surface area contributed by atoms with Crippen LogP contribution in [0.25, 0.3) is 22.3 Å². The van der Waals surface area contributed by atoms with Crippen LogP contribution >= 0.6 is 0 Å². The van der Waals surface area contributed by atoms with E-state index in [0.29, 0.717) is 11.7 Å². The summed E-state index contributed by atoms with van der Waals surface area (Å²) in [4.78, 5) is 0. The van der Waals surface area contributed by atoms with Gasteiger partial charge in [-0.2, -0.15) is 0 Å². The Morgan fingerprint density at radius 3 is 1.83 bits per heavy atom. The zero-order valence-electron chi connectivity index (χ0n) is 18.1. The normalized spacial score (nSPS) is 11.2. The van der Waals surface area contributed by atoms with Crippen molar-refractivity contribution >= 4 is 0 Å². The molecule has 0 fully saturated rings. The van der Waals surface area contributed by atoms with Gasteiger partial charge < -0.3 is 5.11 Å². The zero-order valence-corrected chi connectivity index (χ0v) is 18.1. The number of aromatic hydroxyl groups is 1. The number of rotatable bonds is 9. The molecular weight excluding hydrogens is 352 g/mol. The van der Waals surface area contributed by atoms with Crippen molar-refractivity contribution in [3.63, 3.8) is 0 Å². The highest BCUT2D eigenvalue weighted by Crippen LogP contribution is 2.45. The molecule has 0 amide bonds. The molecule has 1 N–H and O–H groups in total. The molecule has 0 aliphatic carbocycles. The summed E-state index contributed by atoms with van der Waals surface area (Å²) in [6, 6.07) is 23.0. The molecule has 3 rings (SSSR count). The standard InChI is InChI=1S/C28H34O/c1-4-5-6-7-10-19-24-20-25(29)28(23-17-13-9-14-18-23)26(21(2)3)27(24)22-15-11-8-12-16-22/h8-9,11-18,20-21,29H,4-7,10,19H2,1-3H3. The summed E-state index contributed by atoms with van der Waals surface area (Å²) >= 11 is 0. The van der Waals surface area contributed by atoms with Crippen LogP contribution in [0, 0.1) is 0 Å². The Labute approximate surface area is 176 Å². The lowest BCUT2D eigenvalue weighted by molar-refractivity contribution is 0.475. The molecule has 0 aromatic heterocycles. The fourth-order valence-electron chi connectivity index (χ4n) is 4.29. The largest absolute Gasteiger partial charge is 0.507 e. The van der Waals surface area contributed by atoms with Crippen LogP contribution in [0.1, 0.15) is 69.9 Å². The second kappa shape index (κ2) is 10.3. The average molecular weight is 387 g/mol. The van der Waals surface area contributed by atoms with Gasteiger partial charge >= 0.3 is 0 Å². The fourth-order valence-corrected chi connectivity index (χ4v) is 4.29. The van der Waals surface area contributed by atoms with Crippen LogP contribution in [0.15, 0.2) is 66.7 Å². The molecule has 0 radical (unpaired) electrons. The lowest BCUT2D eigenvalue weighted by atomic mass is 9.81. The van der Waals surface area contributed by atoms with Crippen LogP contribution in [0.3, 0.4) is 0 Å². The average Bonchev–Trinajstić information content (AvgIpc) is 2.74. The van der Waals surface area contributed by atoms with Gasteiger partial charge in [0.05, 0.1) is 0 Å². The smallest absolute Gasteiger partial charge is 0.124 e. The third kappa shape index (κ3) is 5.09. The quantitative estimate of drug-likeness (QED) is 0.366. The molecule has 0 unspecified atom stereocenters. The van der Waals surface area contributed by atoms with E-state index in [1.165, 1.54) is 54.4 Å². The maximum absolute atomic E-state index is 11.1. The summed E-state index contributed by atoms with van der Waals surface area (Å²) < 4.78 is 0. The minimum atomic E-state index is 0.311. The molecule has 152 valence electrons. The molecular formula is C28H34O. The van der Waals surface area contributed by atoms with Crippen LogP contribution in [-0.2, 0) is 6.42 Å². The lowest BCUT2D eigenvalue weighted by Gasteiger charge is -2.23. The summed E-state index contributed by atoms with van der Waals surface area (Å²) in [6.07, 6.45) is 7.29. The number of unbranched alkanes of at least 4 members (excludes halogenated alkanes) is 4. The van der Waals surface area contributed by atoms with Gasteiger partial charge in [-0.3, -0.25) is 0 Å². The van der Waals surface area contributed by atoms with E-state index < -0.39 is 0 Å². The number of aryl methyl sites for hydroxylation is 1. The van der Waals surface area contributed by atoms with Crippen molar-refractivity contribution in [1.29, 1.82) is 0 Å². The molecule has 1 heteroatoms. The van der Waals surface area contributed by atoms with Gasteiger partial charge in [0.15, 0.2) is 0 Å². The SMILES string of the molecule is CCCCCCCc1cc(O)c(-c2ccccc2)c(C(C)C)c1-c1ccccc1. The molecule has 0 saturated heterocycles. The van der Waals surface area contributed by atoms with Gasteiger partial charge in [0.25, 0.3) is 0 Å². The summed E-state index contributed by atoms with van der Waals surface area (Å²) in [5.74, 6) is 0.717. The van der Waals surface area contributed by atoms with Crippen molar-refractivity contribution in [2.24, 2.45) is 0 Å². The molecule has 3 aromatic rings. The third-order valence-corrected chi connectivity index (χ3v) is 5.68. The predicted octanol–water partition coefficient (Wildman–Crippen LogP) is 8.36. The van der Waals surface area contributed by atoms with Crippen LogP contribution in [0.4, 0.5) is 0 Å². The molecule has 29 heavy (non-hydrogen) atoms. The van der Waals surface area contributed by atoms with Crippen LogP contribution in [0.2, 0.25) is 0 Å². The molecule has 0 spiro atoms. The van der Waals surface area contributed by atoms with E-state index in [0.717, 1.165) is 17.5 Å². The Morgan fingerprint density at radius 1 is 0.724 bits per heavy atom. The van der Waals surface area contributed by atoms with Gasteiger partial charge in [-0.05, 0) is 52.6 Å². The Morgan fingerprint density at radius 2 is 1.28 bits per heavy atom. The molecule has 1 nitrogen and oxygen atoms in total. The summed E-state index contributed by atoms with van der Waals surface area (Å²) in [5, 5.41) is 11.1. The van der Waals surface area contributed by atoms with Gasteiger partial charge in [0.1, 0.15) is 5.75 Å². The monoisotopic (exact) mass is 386 g/mol. The van der Waals surface area contributed by atoms with Crippen molar-refractivity contribution in [1.82, 2.24) is 0 Å². The number of benzene rings is 3. The Balaban J connectivity index is 2.14. The van der Waals surface area contributed by atoms with Gasteiger partial charge in [0, 0.05) is 5.56 Å². The molecule has 0 atom stereocenters. The first-order valence-electron chi connectivity index (χ1n) is 11.1. The maximum atomic E-state index is 11.1. The number of hydrogen-bond acceptors (Lipinski definition) is 1. The van der Waals surface area contributed by atoms with E-state index in [1.54, 1.807) is 0 Å². The highest BCUT2D eigenvalue weighted by atomic mass is 16.3. The highest BCUT2D eigenvalue weighted by molar-refractivity contribution is 5.85. The van der Waals surface area contributed by atoms with E-state index in [4.69, 9.17) is 0 Å². The summed E-state index contributed by atoms with van der Waals surface area (Å²) in [6.45, 7) is 6.72. The highest BCUT2D eigenvalue weighted by Gasteiger charge is 2.22. The maximum Gasteiger partial charge on any atom is 0.124 e. The van der Waals surface area contributed by atoms with Gasteiger partial charge in [-0.15, -0.1) is 0 Å². The van der Waals surface area contributed by atoms with Crippen LogP contribution in [0.5, 0.6) is 5.75 Å². The fraction of sp³-hybridized carbons (Fsp3) is 0.357. The van der Waals surface area contributed by atoms with Crippen molar-refractivity contribution in [2.75, 3.05) is 0 Å². The van der Waals surface area contributed by atoms with Crippen LogP contribution < -0.4 is 0 Å². The topological polar surface area (TPSA) is 20.2 Å². The van der Waals surface area contributed by atoms with Gasteiger partial charge in [-0.1, -0.05) is 107 Å². The summed E-state index contributed by atoms with van der Waals surface area (Å²) in [5.41, 5.74) is 7.15. The summed E-state index contributed by atoms with van der Waals surface area (Å²) in [7, 11) is 0. The second-order valence-corrected chi connectivity index (χ2v) is 8.27. The van der Waals surface area contributed by atoms with Crippen molar-refractivity contribution in [2.45, 2.75) is 65.2 Å². The minimum absolute atomic E-state index is 0.311. The van der Waals surface area contributed by atoms with Crippen LogP contribution in [-0.4, -0.2) is 5.11 Å². The van der Waals surface area contributed by atoms with Crippen molar-refractivity contribution in [3.8, 4) is 28.0 Å². The first-order chi connectivity index (χ1) is 14.1. The first-order valence-corrected chi connectivity index (χ1v) is 11.1. The molecule has 0 aliphatic rings. The van der Waals surface area contributed by atoms with E-state index in [-0.39, 0.29) is 0 Å². The minimum Gasteiger partial charge on any atom is -0.507 e. The molecule has 0 aliphatic heterocycles. The third-order valence-electron chi connectivity index (χ3n) is 5.68.